The van der Waals surface area contributed by atoms with Crippen molar-refractivity contribution in [1.29, 1.82) is 0 Å². The molecule has 5 heteroatoms. The second kappa shape index (κ2) is 5.61. The Morgan fingerprint density at radius 3 is 2.95 bits per heavy atom. The molecule has 2 aromatic heterocycles. The number of para-hydroxylation sites is 1. The van der Waals surface area contributed by atoms with Crippen molar-refractivity contribution in [2.45, 2.75) is 13.0 Å². The van der Waals surface area contributed by atoms with Crippen molar-refractivity contribution in [3.8, 4) is 0 Å². The summed E-state index contributed by atoms with van der Waals surface area (Å²) in [7, 11) is 0. The van der Waals surface area contributed by atoms with Gasteiger partial charge in [0.1, 0.15) is 11.8 Å². The van der Waals surface area contributed by atoms with E-state index in [4.69, 9.17) is 16.0 Å². The summed E-state index contributed by atoms with van der Waals surface area (Å²) in [5.74, 6) is 0.787. The van der Waals surface area contributed by atoms with E-state index in [-0.39, 0.29) is 6.04 Å². The average molecular weight is 288 g/mol. The number of halogens is 1. The van der Waals surface area contributed by atoms with Gasteiger partial charge in [0.05, 0.1) is 16.9 Å². The van der Waals surface area contributed by atoms with Crippen molar-refractivity contribution in [2.24, 2.45) is 0 Å². The van der Waals surface area contributed by atoms with Crippen LogP contribution in [0.5, 0.6) is 0 Å². The molecule has 0 radical (unpaired) electrons. The first-order chi connectivity index (χ1) is 9.79. The molecule has 102 valence electrons. The summed E-state index contributed by atoms with van der Waals surface area (Å²) in [6.07, 6.45) is 5.07. The van der Waals surface area contributed by atoms with Gasteiger partial charge < -0.3 is 9.73 Å². The third-order valence-electron chi connectivity index (χ3n) is 3.09. The Hall–Kier alpha value is -1.91. The SMILES string of the molecule is CCNC(c1cnccn1)c1cc2cccc(Cl)c2o1. The van der Waals surface area contributed by atoms with Crippen LogP contribution in [0.25, 0.3) is 11.0 Å². The third kappa shape index (κ3) is 2.40. The van der Waals surface area contributed by atoms with Crippen molar-refractivity contribution in [1.82, 2.24) is 15.3 Å². The summed E-state index contributed by atoms with van der Waals surface area (Å²) in [6.45, 7) is 2.84. The molecule has 0 bridgehead atoms. The van der Waals surface area contributed by atoms with Crippen LogP contribution in [0.1, 0.15) is 24.4 Å². The maximum Gasteiger partial charge on any atom is 0.152 e. The van der Waals surface area contributed by atoms with Crippen LogP contribution in [0.4, 0.5) is 0 Å². The van der Waals surface area contributed by atoms with Crippen molar-refractivity contribution in [3.63, 3.8) is 0 Å². The molecule has 20 heavy (non-hydrogen) atoms. The van der Waals surface area contributed by atoms with E-state index >= 15 is 0 Å². The average Bonchev–Trinajstić information content (AvgIpc) is 2.91. The van der Waals surface area contributed by atoms with Gasteiger partial charge in [-0.15, -0.1) is 0 Å². The number of benzene rings is 1. The lowest BCUT2D eigenvalue weighted by Gasteiger charge is -2.14. The van der Waals surface area contributed by atoms with E-state index < -0.39 is 0 Å². The van der Waals surface area contributed by atoms with Gasteiger partial charge in [-0.1, -0.05) is 30.7 Å². The largest absolute Gasteiger partial charge is 0.457 e. The van der Waals surface area contributed by atoms with Crippen LogP contribution >= 0.6 is 11.6 Å². The first kappa shape index (κ1) is 13.1. The van der Waals surface area contributed by atoms with Gasteiger partial charge in [-0.2, -0.15) is 0 Å². The van der Waals surface area contributed by atoms with Crippen LogP contribution in [0, 0.1) is 0 Å². The van der Waals surface area contributed by atoms with E-state index in [0.29, 0.717) is 10.6 Å². The summed E-state index contributed by atoms with van der Waals surface area (Å²) in [5.41, 5.74) is 1.53. The van der Waals surface area contributed by atoms with Crippen LogP contribution in [-0.2, 0) is 0 Å². The zero-order chi connectivity index (χ0) is 13.9. The van der Waals surface area contributed by atoms with Gasteiger partial charge in [-0.05, 0) is 18.7 Å². The van der Waals surface area contributed by atoms with E-state index in [1.54, 1.807) is 18.6 Å². The fourth-order valence-electron chi connectivity index (χ4n) is 2.20. The highest BCUT2D eigenvalue weighted by Gasteiger charge is 2.19. The zero-order valence-electron chi connectivity index (χ0n) is 11.0. The van der Waals surface area contributed by atoms with E-state index in [1.165, 1.54) is 0 Å². The molecule has 1 aromatic carbocycles. The van der Waals surface area contributed by atoms with Crippen molar-refractivity contribution >= 4 is 22.6 Å². The van der Waals surface area contributed by atoms with Crippen LogP contribution in [0.15, 0.2) is 47.3 Å². The number of aromatic nitrogens is 2. The van der Waals surface area contributed by atoms with Gasteiger partial charge in [-0.3, -0.25) is 9.97 Å². The summed E-state index contributed by atoms with van der Waals surface area (Å²) in [6, 6.07) is 7.57. The summed E-state index contributed by atoms with van der Waals surface area (Å²) < 4.78 is 5.91. The molecular weight excluding hydrogens is 274 g/mol. The van der Waals surface area contributed by atoms with Gasteiger partial charge >= 0.3 is 0 Å². The number of fused-ring (bicyclic) bond motifs is 1. The summed E-state index contributed by atoms with van der Waals surface area (Å²) in [5, 5.41) is 4.96. The number of rotatable bonds is 4. The van der Waals surface area contributed by atoms with Crippen LogP contribution < -0.4 is 5.32 Å². The molecule has 0 aliphatic rings. The van der Waals surface area contributed by atoms with Gasteiger partial charge in [-0.25, -0.2) is 0 Å². The first-order valence-electron chi connectivity index (χ1n) is 6.47. The molecule has 0 saturated carbocycles. The predicted molar refractivity (Wildman–Crippen MR) is 78.8 cm³/mol. The maximum absolute atomic E-state index is 6.16. The van der Waals surface area contributed by atoms with Crippen LogP contribution in [0.3, 0.4) is 0 Å². The van der Waals surface area contributed by atoms with E-state index in [9.17, 15) is 0 Å². The fourth-order valence-corrected chi connectivity index (χ4v) is 2.42. The topological polar surface area (TPSA) is 51.0 Å². The first-order valence-corrected chi connectivity index (χ1v) is 6.84. The normalized spacial score (nSPS) is 12.7. The monoisotopic (exact) mass is 287 g/mol. The van der Waals surface area contributed by atoms with Crippen molar-refractivity contribution in [2.75, 3.05) is 6.54 Å². The fraction of sp³-hybridized carbons (Fsp3) is 0.200. The minimum absolute atomic E-state index is 0.128. The Kier molecular flexibility index (Phi) is 3.67. The van der Waals surface area contributed by atoms with E-state index in [1.807, 2.05) is 31.2 Å². The molecule has 1 unspecified atom stereocenters. The molecular formula is C15H14ClN3O. The minimum atomic E-state index is -0.128. The van der Waals surface area contributed by atoms with Crippen LogP contribution in [0.2, 0.25) is 5.02 Å². The number of hydrogen-bond acceptors (Lipinski definition) is 4. The predicted octanol–water partition coefficient (Wildman–Crippen LogP) is 3.58. The molecule has 0 amide bonds. The Balaban J connectivity index is 2.08. The minimum Gasteiger partial charge on any atom is -0.457 e. The lowest BCUT2D eigenvalue weighted by Crippen LogP contribution is -2.22. The number of nitrogens with one attached hydrogen (secondary N) is 1. The quantitative estimate of drug-likeness (QED) is 0.797. The summed E-state index contributed by atoms with van der Waals surface area (Å²) >= 11 is 6.16. The molecule has 0 saturated heterocycles. The Bertz CT molecular complexity index is 711. The smallest absolute Gasteiger partial charge is 0.152 e. The number of furan rings is 1. The van der Waals surface area contributed by atoms with E-state index in [2.05, 4.69) is 15.3 Å². The van der Waals surface area contributed by atoms with Gasteiger partial charge in [0.25, 0.3) is 0 Å². The van der Waals surface area contributed by atoms with Crippen LogP contribution in [-0.4, -0.2) is 16.5 Å². The molecule has 2 heterocycles. The number of hydrogen-bond donors (Lipinski definition) is 1. The second-order valence-electron chi connectivity index (χ2n) is 4.43. The molecule has 0 fully saturated rings. The third-order valence-corrected chi connectivity index (χ3v) is 3.38. The van der Waals surface area contributed by atoms with Crippen molar-refractivity contribution < 1.29 is 4.42 Å². The van der Waals surface area contributed by atoms with E-state index in [0.717, 1.165) is 23.4 Å². The highest BCUT2D eigenvalue weighted by atomic mass is 35.5. The standard InChI is InChI=1S/C15H14ClN3O/c1-2-18-14(12-9-17-6-7-19-12)13-8-10-4-3-5-11(16)15(10)20-13/h3-9,14,18H,2H2,1H3. The highest BCUT2D eigenvalue weighted by molar-refractivity contribution is 6.34. The van der Waals surface area contributed by atoms with Gasteiger partial charge in [0, 0.05) is 17.8 Å². The maximum atomic E-state index is 6.16. The lowest BCUT2D eigenvalue weighted by molar-refractivity contribution is 0.470. The zero-order valence-corrected chi connectivity index (χ0v) is 11.8. The highest BCUT2D eigenvalue weighted by Crippen LogP contribution is 2.31. The van der Waals surface area contributed by atoms with Gasteiger partial charge in [0.15, 0.2) is 5.58 Å². The number of nitrogens with zero attached hydrogens (tertiary/aromatic N) is 2. The van der Waals surface area contributed by atoms with Gasteiger partial charge in [0.2, 0.25) is 0 Å². The summed E-state index contributed by atoms with van der Waals surface area (Å²) in [4.78, 5) is 8.46. The Labute approximate surface area is 121 Å². The molecule has 3 rings (SSSR count). The molecule has 0 aliphatic carbocycles. The molecule has 1 N–H and O–H groups in total. The molecule has 4 nitrogen and oxygen atoms in total. The Morgan fingerprint density at radius 1 is 1.35 bits per heavy atom. The molecule has 3 aromatic rings. The van der Waals surface area contributed by atoms with Crippen molar-refractivity contribution in [3.05, 3.63) is 59.3 Å². The second-order valence-corrected chi connectivity index (χ2v) is 4.84. The molecule has 0 spiro atoms. The lowest BCUT2D eigenvalue weighted by atomic mass is 10.1. The molecule has 1 atom stereocenters. The molecule has 0 aliphatic heterocycles. The Morgan fingerprint density at radius 2 is 2.25 bits per heavy atom.